The minimum atomic E-state index is 0.522. The van der Waals surface area contributed by atoms with Crippen molar-refractivity contribution in [2.45, 2.75) is 19.3 Å². The van der Waals surface area contributed by atoms with E-state index < -0.39 is 0 Å². The third-order valence-electron chi connectivity index (χ3n) is 3.59. The maximum absolute atomic E-state index is 5.01. The summed E-state index contributed by atoms with van der Waals surface area (Å²) in [5.41, 5.74) is 4.70. The average Bonchev–Trinajstić information content (AvgIpc) is 3.03. The molecule has 3 rings (SSSR count). The summed E-state index contributed by atoms with van der Waals surface area (Å²) < 4.78 is 5.01. The zero-order chi connectivity index (χ0) is 13.8. The van der Waals surface area contributed by atoms with Gasteiger partial charge in [-0.25, -0.2) is 4.98 Å². The summed E-state index contributed by atoms with van der Waals surface area (Å²) in [7, 11) is 0. The molecule has 1 atom stereocenters. The van der Waals surface area contributed by atoms with E-state index in [1.165, 1.54) is 17.5 Å². The zero-order valence-corrected chi connectivity index (χ0v) is 11.5. The van der Waals surface area contributed by atoms with Crippen LogP contribution in [0.15, 0.2) is 71.7 Å². The fourth-order valence-corrected chi connectivity index (χ4v) is 2.42. The summed E-state index contributed by atoms with van der Waals surface area (Å²) >= 11 is 0. The molecule has 3 aromatic rings. The van der Waals surface area contributed by atoms with Gasteiger partial charge in [-0.1, -0.05) is 61.5 Å². The van der Waals surface area contributed by atoms with Crippen LogP contribution in [0.1, 0.15) is 24.0 Å². The molecule has 0 radical (unpaired) electrons. The number of nitrogens with zero attached hydrogens (tertiary/aromatic N) is 1. The van der Waals surface area contributed by atoms with E-state index in [9.17, 15) is 0 Å². The van der Waals surface area contributed by atoms with Gasteiger partial charge in [-0.15, -0.1) is 0 Å². The molecule has 0 amide bonds. The summed E-state index contributed by atoms with van der Waals surface area (Å²) in [5.74, 6) is 0.522. The van der Waals surface area contributed by atoms with Crippen molar-refractivity contribution in [3.63, 3.8) is 0 Å². The topological polar surface area (TPSA) is 26.0 Å². The molecular weight excluding hydrogens is 246 g/mol. The molecule has 100 valence electrons. The third-order valence-corrected chi connectivity index (χ3v) is 3.59. The van der Waals surface area contributed by atoms with Gasteiger partial charge in [0, 0.05) is 5.56 Å². The smallest absolute Gasteiger partial charge is 0.181 e. The Kier molecular flexibility index (Phi) is 3.64. The van der Waals surface area contributed by atoms with Crippen LogP contribution in [0.3, 0.4) is 0 Å². The van der Waals surface area contributed by atoms with Crippen LogP contribution in [0.2, 0.25) is 0 Å². The average molecular weight is 263 g/mol. The standard InChI is InChI=1S/C18H17NO/c1-14(16-5-3-2-4-6-16)11-15-7-9-17(10-8-15)18-12-20-13-19-18/h2-10,12-14H,11H2,1H3. The highest BCUT2D eigenvalue weighted by molar-refractivity contribution is 5.57. The highest BCUT2D eigenvalue weighted by atomic mass is 16.3. The molecule has 0 aliphatic carbocycles. The van der Waals surface area contributed by atoms with E-state index in [1.54, 1.807) is 6.26 Å². The largest absolute Gasteiger partial charge is 0.451 e. The van der Waals surface area contributed by atoms with Crippen LogP contribution in [-0.2, 0) is 6.42 Å². The van der Waals surface area contributed by atoms with E-state index in [0.717, 1.165) is 17.7 Å². The minimum absolute atomic E-state index is 0.522. The van der Waals surface area contributed by atoms with Gasteiger partial charge in [-0.3, -0.25) is 0 Å². The summed E-state index contributed by atoms with van der Waals surface area (Å²) in [4.78, 5) is 4.16. The molecule has 0 aliphatic rings. The predicted octanol–water partition coefficient (Wildman–Crippen LogP) is 4.69. The molecule has 0 fully saturated rings. The first-order chi connectivity index (χ1) is 9.83. The lowest BCUT2D eigenvalue weighted by Gasteiger charge is -2.12. The quantitative estimate of drug-likeness (QED) is 0.682. The van der Waals surface area contributed by atoms with Gasteiger partial charge in [0.15, 0.2) is 6.39 Å². The van der Waals surface area contributed by atoms with Crippen LogP contribution in [0.25, 0.3) is 11.3 Å². The SMILES string of the molecule is CC(Cc1ccc(-c2cocn2)cc1)c1ccccc1. The molecular formula is C18H17NO. The molecule has 20 heavy (non-hydrogen) atoms. The van der Waals surface area contributed by atoms with Crippen molar-refractivity contribution in [1.82, 2.24) is 4.98 Å². The van der Waals surface area contributed by atoms with Crippen LogP contribution in [-0.4, -0.2) is 4.98 Å². The zero-order valence-electron chi connectivity index (χ0n) is 11.5. The van der Waals surface area contributed by atoms with E-state index in [-0.39, 0.29) is 0 Å². The Morgan fingerprint density at radius 3 is 2.40 bits per heavy atom. The molecule has 0 saturated carbocycles. The summed E-state index contributed by atoms with van der Waals surface area (Å²) in [6, 6.07) is 19.2. The summed E-state index contributed by atoms with van der Waals surface area (Å²) in [6.07, 6.45) is 4.17. The van der Waals surface area contributed by atoms with Crippen molar-refractivity contribution in [3.05, 3.63) is 78.4 Å². The summed E-state index contributed by atoms with van der Waals surface area (Å²) in [6.45, 7) is 2.26. The monoisotopic (exact) mass is 263 g/mol. The molecule has 2 aromatic carbocycles. The number of hydrogen-bond acceptors (Lipinski definition) is 2. The van der Waals surface area contributed by atoms with Gasteiger partial charge in [0.25, 0.3) is 0 Å². The fraction of sp³-hybridized carbons (Fsp3) is 0.167. The predicted molar refractivity (Wildman–Crippen MR) is 80.5 cm³/mol. The van der Waals surface area contributed by atoms with Gasteiger partial charge in [0.05, 0.1) is 0 Å². The van der Waals surface area contributed by atoms with Crippen molar-refractivity contribution in [1.29, 1.82) is 0 Å². The number of oxazole rings is 1. The molecule has 2 nitrogen and oxygen atoms in total. The van der Waals surface area contributed by atoms with Crippen molar-refractivity contribution in [2.75, 3.05) is 0 Å². The van der Waals surface area contributed by atoms with E-state index in [4.69, 9.17) is 4.42 Å². The first kappa shape index (κ1) is 12.7. The summed E-state index contributed by atoms with van der Waals surface area (Å²) in [5, 5.41) is 0. The Morgan fingerprint density at radius 2 is 1.75 bits per heavy atom. The number of rotatable bonds is 4. The van der Waals surface area contributed by atoms with Crippen molar-refractivity contribution in [2.24, 2.45) is 0 Å². The van der Waals surface area contributed by atoms with Gasteiger partial charge in [-0.2, -0.15) is 0 Å². The Balaban J connectivity index is 1.72. The Bertz CT molecular complexity index is 642. The van der Waals surface area contributed by atoms with Crippen LogP contribution in [0.5, 0.6) is 0 Å². The highest BCUT2D eigenvalue weighted by Crippen LogP contribution is 2.22. The molecule has 0 N–H and O–H groups in total. The number of aromatic nitrogens is 1. The molecule has 0 saturated heterocycles. The van der Waals surface area contributed by atoms with Gasteiger partial charge in [0.2, 0.25) is 0 Å². The number of hydrogen-bond donors (Lipinski definition) is 0. The maximum Gasteiger partial charge on any atom is 0.181 e. The van der Waals surface area contributed by atoms with Crippen molar-refractivity contribution < 1.29 is 4.42 Å². The lowest BCUT2D eigenvalue weighted by atomic mass is 9.93. The molecule has 1 unspecified atom stereocenters. The van der Waals surface area contributed by atoms with Crippen molar-refractivity contribution >= 4 is 0 Å². The minimum Gasteiger partial charge on any atom is -0.451 e. The van der Waals surface area contributed by atoms with Gasteiger partial charge < -0.3 is 4.42 Å². The molecule has 0 aliphatic heterocycles. The van der Waals surface area contributed by atoms with E-state index in [0.29, 0.717) is 5.92 Å². The Morgan fingerprint density at radius 1 is 1.00 bits per heavy atom. The van der Waals surface area contributed by atoms with E-state index in [2.05, 4.69) is 66.5 Å². The molecule has 0 spiro atoms. The van der Waals surface area contributed by atoms with Crippen LogP contribution >= 0.6 is 0 Å². The second-order valence-electron chi connectivity index (χ2n) is 5.09. The third kappa shape index (κ3) is 2.80. The van der Waals surface area contributed by atoms with Crippen LogP contribution in [0, 0.1) is 0 Å². The fourth-order valence-electron chi connectivity index (χ4n) is 2.42. The van der Waals surface area contributed by atoms with Crippen LogP contribution < -0.4 is 0 Å². The maximum atomic E-state index is 5.01. The first-order valence-corrected chi connectivity index (χ1v) is 6.85. The molecule has 1 aromatic heterocycles. The second kappa shape index (κ2) is 5.74. The van der Waals surface area contributed by atoms with Crippen molar-refractivity contribution in [3.8, 4) is 11.3 Å². The number of benzene rings is 2. The van der Waals surface area contributed by atoms with E-state index >= 15 is 0 Å². The van der Waals surface area contributed by atoms with Gasteiger partial charge >= 0.3 is 0 Å². The second-order valence-corrected chi connectivity index (χ2v) is 5.09. The van der Waals surface area contributed by atoms with E-state index in [1.807, 2.05) is 0 Å². The molecule has 1 heterocycles. The van der Waals surface area contributed by atoms with Gasteiger partial charge in [0.1, 0.15) is 12.0 Å². The Labute approximate surface area is 119 Å². The van der Waals surface area contributed by atoms with Gasteiger partial charge in [-0.05, 0) is 23.5 Å². The lowest BCUT2D eigenvalue weighted by molar-refractivity contribution is 0.558. The van der Waals surface area contributed by atoms with Crippen LogP contribution in [0.4, 0.5) is 0 Å². The molecule has 2 heteroatoms. The molecule has 0 bridgehead atoms. The highest BCUT2D eigenvalue weighted by Gasteiger charge is 2.07. The normalized spacial score (nSPS) is 12.2. The Hall–Kier alpha value is -2.35. The first-order valence-electron chi connectivity index (χ1n) is 6.85. The lowest BCUT2D eigenvalue weighted by Crippen LogP contribution is -1.98.